The fourth-order valence-electron chi connectivity index (χ4n) is 4.12. The molecule has 1 saturated heterocycles. The number of carbonyl (C=O) groups excluding carboxylic acids is 3. The Morgan fingerprint density at radius 3 is 2.36 bits per heavy atom. The van der Waals surface area contributed by atoms with E-state index in [2.05, 4.69) is 15.2 Å². The maximum absolute atomic E-state index is 13.4. The van der Waals surface area contributed by atoms with Crippen LogP contribution in [0.15, 0.2) is 83.0 Å². The number of methoxy groups -OCH3 is 1. The first kappa shape index (κ1) is 26.3. The molecule has 1 aliphatic heterocycles. The van der Waals surface area contributed by atoms with Gasteiger partial charge in [0.05, 0.1) is 24.3 Å². The highest BCUT2D eigenvalue weighted by Crippen LogP contribution is 2.44. The molecule has 1 N–H and O–H groups in total. The van der Waals surface area contributed by atoms with Crippen LogP contribution in [0.25, 0.3) is 5.76 Å². The molecule has 2 aromatic carbocycles. The van der Waals surface area contributed by atoms with E-state index in [1.165, 1.54) is 65.2 Å². The van der Waals surface area contributed by atoms with Crippen LogP contribution in [0.4, 0.5) is 5.13 Å². The SMILES string of the molecule is COC(=O)c1ccc(C2/C(=C(\O)c3ccncc3)C(=O)C(=O)N2c2nnc(SCc3ccc(C)cc3)s2)cc1. The minimum atomic E-state index is -0.993. The molecule has 0 aliphatic carbocycles. The molecule has 11 heteroatoms. The minimum Gasteiger partial charge on any atom is -0.507 e. The predicted octanol–water partition coefficient (Wildman–Crippen LogP) is 4.95. The van der Waals surface area contributed by atoms with Crippen LogP contribution in [-0.2, 0) is 20.1 Å². The molecule has 1 atom stereocenters. The quantitative estimate of drug-likeness (QED) is 0.0838. The number of hydrogen-bond donors (Lipinski definition) is 1. The van der Waals surface area contributed by atoms with Gasteiger partial charge in [-0.15, -0.1) is 10.2 Å². The van der Waals surface area contributed by atoms with Gasteiger partial charge in [-0.3, -0.25) is 19.5 Å². The number of ketones is 1. The molecule has 9 nitrogen and oxygen atoms in total. The smallest absolute Gasteiger partial charge is 0.337 e. The second kappa shape index (κ2) is 11.2. The molecule has 4 aromatic rings. The summed E-state index contributed by atoms with van der Waals surface area (Å²) in [5.41, 5.74) is 3.33. The van der Waals surface area contributed by atoms with Gasteiger partial charge < -0.3 is 9.84 Å². The number of ether oxygens (including phenoxy) is 1. The highest BCUT2D eigenvalue weighted by Gasteiger charge is 2.48. The minimum absolute atomic E-state index is 0.0962. The molecule has 1 amide bonds. The van der Waals surface area contributed by atoms with Gasteiger partial charge in [-0.1, -0.05) is 65.1 Å². The van der Waals surface area contributed by atoms with Crippen molar-refractivity contribution in [2.45, 2.75) is 23.1 Å². The highest BCUT2D eigenvalue weighted by molar-refractivity contribution is 8.00. The maximum atomic E-state index is 13.4. The van der Waals surface area contributed by atoms with Gasteiger partial charge in [0.1, 0.15) is 5.76 Å². The van der Waals surface area contributed by atoms with Crippen LogP contribution in [0.5, 0.6) is 0 Å². The third-order valence-corrected chi connectivity index (χ3v) is 8.26. The van der Waals surface area contributed by atoms with E-state index in [-0.39, 0.29) is 16.5 Å². The summed E-state index contributed by atoms with van der Waals surface area (Å²) in [7, 11) is 1.28. The molecular formula is C28H22N4O5S2. The van der Waals surface area contributed by atoms with Gasteiger partial charge in [-0.05, 0) is 42.3 Å². The van der Waals surface area contributed by atoms with E-state index in [0.717, 1.165) is 5.56 Å². The normalized spacial score (nSPS) is 16.5. The molecule has 1 unspecified atom stereocenters. The van der Waals surface area contributed by atoms with Crippen LogP contribution in [0.2, 0.25) is 0 Å². The van der Waals surface area contributed by atoms with Crippen LogP contribution >= 0.6 is 23.1 Å². The van der Waals surface area contributed by atoms with Gasteiger partial charge in [0.25, 0.3) is 5.78 Å². The number of nitrogens with zero attached hydrogens (tertiary/aromatic N) is 4. The Bertz CT molecular complexity index is 1570. The first-order valence-electron chi connectivity index (χ1n) is 11.8. The van der Waals surface area contributed by atoms with Crippen LogP contribution in [-0.4, -0.2) is 45.1 Å². The average Bonchev–Trinajstić information content (AvgIpc) is 3.54. The number of anilines is 1. The number of aliphatic hydroxyl groups is 1. The molecule has 196 valence electrons. The molecule has 39 heavy (non-hydrogen) atoms. The largest absolute Gasteiger partial charge is 0.507 e. The Morgan fingerprint density at radius 1 is 1.00 bits per heavy atom. The number of carbonyl (C=O) groups is 3. The van der Waals surface area contributed by atoms with Gasteiger partial charge in [0.15, 0.2) is 4.34 Å². The Hall–Kier alpha value is -4.35. The van der Waals surface area contributed by atoms with Crippen molar-refractivity contribution in [3.8, 4) is 0 Å². The number of thioether (sulfide) groups is 1. The van der Waals surface area contributed by atoms with Crippen molar-refractivity contribution in [1.82, 2.24) is 15.2 Å². The fourth-order valence-corrected chi connectivity index (χ4v) is 5.94. The number of pyridine rings is 1. The summed E-state index contributed by atoms with van der Waals surface area (Å²) in [4.78, 5) is 43.8. The van der Waals surface area contributed by atoms with Crippen molar-refractivity contribution in [2.75, 3.05) is 12.0 Å². The van der Waals surface area contributed by atoms with Crippen LogP contribution in [0, 0.1) is 6.92 Å². The van der Waals surface area contributed by atoms with E-state index in [1.807, 2.05) is 31.2 Å². The van der Waals surface area contributed by atoms with Crippen molar-refractivity contribution in [2.24, 2.45) is 0 Å². The Morgan fingerprint density at radius 2 is 1.69 bits per heavy atom. The molecule has 0 spiro atoms. The number of amides is 1. The number of rotatable bonds is 7. The van der Waals surface area contributed by atoms with Crippen molar-refractivity contribution in [3.05, 3.63) is 106 Å². The highest BCUT2D eigenvalue weighted by atomic mass is 32.2. The number of aryl methyl sites for hydroxylation is 1. The number of hydrogen-bond acceptors (Lipinski definition) is 10. The summed E-state index contributed by atoms with van der Waals surface area (Å²) in [6, 6.07) is 16.6. The topological polar surface area (TPSA) is 123 Å². The van der Waals surface area contributed by atoms with E-state index in [1.54, 1.807) is 24.3 Å². The standard InChI is InChI=1S/C28H22N4O5S2/c1-16-3-5-17(6-4-16)15-38-28-31-30-27(39-28)32-22(18-7-9-20(10-8-18)26(36)37-2)21(24(34)25(32)35)23(33)19-11-13-29-14-12-19/h3-14,22,33H,15H2,1-2H3/b23-21+. The van der Waals surface area contributed by atoms with E-state index in [4.69, 9.17) is 4.74 Å². The summed E-state index contributed by atoms with van der Waals surface area (Å²) in [6.07, 6.45) is 2.96. The van der Waals surface area contributed by atoms with Crippen LogP contribution in [0.3, 0.4) is 0 Å². The Kier molecular flexibility index (Phi) is 7.53. The molecule has 0 bridgehead atoms. The third-order valence-electron chi connectivity index (χ3n) is 6.13. The zero-order valence-corrected chi connectivity index (χ0v) is 22.5. The molecule has 5 rings (SSSR count). The van der Waals surface area contributed by atoms with Gasteiger partial charge in [-0.25, -0.2) is 4.79 Å². The Balaban J connectivity index is 1.53. The van der Waals surface area contributed by atoms with Crippen molar-refractivity contribution in [1.29, 1.82) is 0 Å². The van der Waals surface area contributed by atoms with Crippen molar-refractivity contribution < 1.29 is 24.2 Å². The summed E-state index contributed by atoms with van der Waals surface area (Å²) < 4.78 is 5.40. The zero-order valence-electron chi connectivity index (χ0n) is 20.9. The lowest BCUT2D eigenvalue weighted by atomic mass is 9.95. The molecule has 3 heterocycles. The van der Waals surface area contributed by atoms with Gasteiger partial charge in [0, 0.05) is 23.7 Å². The molecule has 0 radical (unpaired) electrons. The van der Waals surface area contributed by atoms with E-state index >= 15 is 0 Å². The lowest BCUT2D eigenvalue weighted by Gasteiger charge is -2.22. The van der Waals surface area contributed by atoms with Gasteiger partial charge in [-0.2, -0.15) is 0 Å². The fraction of sp³-hybridized carbons (Fsp3) is 0.143. The number of benzene rings is 2. The number of esters is 1. The first-order chi connectivity index (χ1) is 18.9. The van der Waals surface area contributed by atoms with Crippen LogP contribution < -0.4 is 4.90 Å². The summed E-state index contributed by atoms with van der Waals surface area (Å²) in [5, 5.41) is 19.8. The summed E-state index contributed by atoms with van der Waals surface area (Å²) in [6.45, 7) is 2.02. The summed E-state index contributed by atoms with van der Waals surface area (Å²) >= 11 is 2.66. The second-order valence-corrected chi connectivity index (χ2v) is 10.8. The third kappa shape index (κ3) is 5.31. The monoisotopic (exact) mass is 558 g/mol. The van der Waals surface area contributed by atoms with Gasteiger partial charge in [0.2, 0.25) is 5.13 Å². The van der Waals surface area contributed by atoms with Crippen molar-refractivity contribution >= 4 is 51.6 Å². The Labute approximate surface area is 232 Å². The van der Waals surface area contributed by atoms with Gasteiger partial charge >= 0.3 is 11.9 Å². The summed E-state index contributed by atoms with van der Waals surface area (Å²) in [5.74, 6) is -1.88. The second-order valence-electron chi connectivity index (χ2n) is 8.64. The van der Waals surface area contributed by atoms with E-state index in [0.29, 0.717) is 26.8 Å². The lowest BCUT2D eigenvalue weighted by molar-refractivity contribution is -0.132. The molecule has 2 aromatic heterocycles. The molecule has 1 aliphatic rings. The molecular weight excluding hydrogens is 536 g/mol. The average molecular weight is 559 g/mol. The zero-order chi connectivity index (χ0) is 27.5. The maximum Gasteiger partial charge on any atom is 0.337 e. The van der Waals surface area contributed by atoms with E-state index < -0.39 is 23.7 Å². The van der Waals surface area contributed by atoms with Crippen molar-refractivity contribution in [3.63, 3.8) is 0 Å². The van der Waals surface area contributed by atoms with E-state index in [9.17, 15) is 19.5 Å². The molecule has 0 saturated carbocycles. The number of Topliss-reactive ketones (excluding diaryl/α,β-unsaturated/α-hetero) is 1. The number of aliphatic hydroxyl groups excluding tert-OH is 1. The first-order valence-corrected chi connectivity index (χ1v) is 13.6. The lowest BCUT2D eigenvalue weighted by Crippen LogP contribution is -2.29. The molecule has 1 fully saturated rings. The predicted molar refractivity (Wildman–Crippen MR) is 147 cm³/mol. The number of aromatic nitrogens is 3. The van der Waals surface area contributed by atoms with Crippen LogP contribution in [0.1, 0.15) is 38.7 Å².